The molecule has 0 spiro atoms. The Morgan fingerprint density at radius 2 is 2.25 bits per heavy atom. The van der Waals surface area contributed by atoms with Gasteiger partial charge in [0.25, 0.3) is 0 Å². The van der Waals surface area contributed by atoms with E-state index in [2.05, 4.69) is 7.05 Å². The van der Waals surface area contributed by atoms with Gasteiger partial charge in [-0.25, -0.2) is 0 Å². The van der Waals surface area contributed by atoms with Gasteiger partial charge in [-0.1, -0.05) is 0 Å². The summed E-state index contributed by atoms with van der Waals surface area (Å²) in [6.07, 6.45) is 0. The van der Waals surface area contributed by atoms with Gasteiger partial charge in [0.1, 0.15) is 0 Å². The van der Waals surface area contributed by atoms with Gasteiger partial charge in [0.05, 0.1) is 13.2 Å². The van der Waals surface area contributed by atoms with Crippen LogP contribution in [0.4, 0.5) is 4.39 Å². The fourth-order valence-corrected chi connectivity index (χ4v) is 0.301. The third kappa shape index (κ3) is 2.93. The molecule has 0 aliphatic rings. The number of likely N-dealkylation sites (N-methyl/N-ethyl adjacent to an activating group) is 1. The van der Waals surface area contributed by atoms with Crippen molar-refractivity contribution in [2.24, 2.45) is 0 Å². The Balaban J connectivity index is 3.37. The molecule has 0 bridgehead atoms. The molecule has 0 saturated carbocycles. The first kappa shape index (κ1) is 7.85. The van der Waals surface area contributed by atoms with Crippen LogP contribution in [0, 0.1) is 7.05 Å². The molecule has 1 atom stereocenters. The summed E-state index contributed by atoms with van der Waals surface area (Å²) < 4.78 is 11.8. The molecular formula is C5H12FNO. The Kier molecular flexibility index (Phi) is 2.94. The summed E-state index contributed by atoms with van der Waals surface area (Å²) in [7, 11) is 5.10. The first-order valence-corrected chi connectivity index (χ1v) is 2.48. The molecule has 0 amide bonds. The molecule has 0 heterocycles. The molecule has 50 valence electrons. The van der Waals surface area contributed by atoms with Crippen LogP contribution in [0.3, 0.4) is 0 Å². The molecule has 0 aliphatic carbocycles. The van der Waals surface area contributed by atoms with Crippen molar-refractivity contribution >= 4 is 0 Å². The van der Waals surface area contributed by atoms with Crippen LogP contribution in [0.5, 0.6) is 0 Å². The molecule has 1 unspecified atom stereocenters. The Bertz CT molecular complexity index is 65.4. The van der Waals surface area contributed by atoms with Crippen LogP contribution in [0.15, 0.2) is 0 Å². The minimum Gasteiger partial charge on any atom is -0.431 e. The van der Waals surface area contributed by atoms with E-state index in [0.29, 0.717) is 6.54 Å². The Labute approximate surface area is 49.1 Å². The highest BCUT2D eigenvalue weighted by atomic mass is 18.2. The van der Waals surface area contributed by atoms with Crippen LogP contribution < -0.4 is 0 Å². The van der Waals surface area contributed by atoms with Crippen LogP contribution in [-0.4, -0.2) is 36.6 Å². The molecule has 2 nitrogen and oxygen atoms in total. The summed E-state index contributed by atoms with van der Waals surface area (Å²) in [5.41, 5.74) is 0. The molecule has 1 N–H and O–H groups in total. The zero-order chi connectivity index (χ0) is 6.62. The van der Waals surface area contributed by atoms with E-state index in [9.17, 15) is 4.39 Å². The second-order valence-corrected chi connectivity index (χ2v) is 2.19. The standard InChI is InChI=1S/C5H12FNO/c1-7(2,5-6)3-4-8/h8H,1,3-5H2,2H3/i6-1. The third-order valence-electron chi connectivity index (χ3n) is 0.928. The lowest BCUT2D eigenvalue weighted by Crippen LogP contribution is -2.38. The fourth-order valence-electron chi connectivity index (χ4n) is 0.301. The predicted molar refractivity (Wildman–Crippen MR) is 29.5 cm³/mol. The van der Waals surface area contributed by atoms with Crippen molar-refractivity contribution < 1.29 is 14.0 Å². The summed E-state index contributed by atoms with van der Waals surface area (Å²) >= 11 is 0. The summed E-state index contributed by atoms with van der Waals surface area (Å²) in [5, 5.41) is 8.31. The van der Waals surface area contributed by atoms with Crippen LogP contribution in [0.25, 0.3) is 0 Å². The van der Waals surface area contributed by atoms with E-state index in [1.807, 2.05) is 0 Å². The topological polar surface area (TPSA) is 20.2 Å². The molecule has 0 aromatic rings. The van der Waals surface area contributed by atoms with E-state index in [1.54, 1.807) is 7.05 Å². The first-order valence-electron chi connectivity index (χ1n) is 2.48. The van der Waals surface area contributed by atoms with Crippen molar-refractivity contribution in [3.8, 4) is 0 Å². The van der Waals surface area contributed by atoms with Gasteiger partial charge in [0.15, 0.2) is 6.80 Å². The zero-order valence-electron chi connectivity index (χ0n) is 5.10. The van der Waals surface area contributed by atoms with E-state index in [1.165, 1.54) is 0 Å². The number of nitrogens with zero attached hydrogens (tertiary/aromatic N) is 1. The van der Waals surface area contributed by atoms with E-state index >= 15 is 0 Å². The maximum absolute atomic E-state index is 11.8. The molecule has 0 rings (SSSR count). The van der Waals surface area contributed by atoms with Crippen molar-refractivity contribution in [2.75, 3.05) is 27.0 Å². The number of quaternary nitrogens is 1. The maximum atomic E-state index is 11.8. The highest BCUT2D eigenvalue weighted by Crippen LogP contribution is 1.96. The van der Waals surface area contributed by atoms with Gasteiger partial charge in [-0.15, -0.1) is 7.05 Å². The van der Waals surface area contributed by atoms with Crippen LogP contribution in [0.1, 0.15) is 0 Å². The second kappa shape index (κ2) is 2.99. The van der Waals surface area contributed by atoms with E-state index in [0.717, 1.165) is 0 Å². The van der Waals surface area contributed by atoms with E-state index in [4.69, 9.17) is 5.11 Å². The molecule has 3 heteroatoms. The van der Waals surface area contributed by atoms with Gasteiger partial charge in [0, 0.05) is 7.05 Å². The summed E-state index contributed by atoms with van der Waals surface area (Å²) in [5.74, 6) is 0. The lowest BCUT2D eigenvalue weighted by atomic mass is 10.5. The average molecular weight is 120 g/mol. The van der Waals surface area contributed by atoms with Gasteiger partial charge < -0.3 is 9.59 Å². The normalized spacial score (nSPS) is 18.0. The third-order valence-corrected chi connectivity index (χ3v) is 0.928. The Morgan fingerprint density at radius 1 is 1.75 bits per heavy atom. The molecule has 0 aliphatic heterocycles. The van der Waals surface area contributed by atoms with Crippen LogP contribution >= 0.6 is 0 Å². The second-order valence-electron chi connectivity index (χ2n) is 2.19. The average Bonchev–Trinajstić information content (AvgIpc) is 1.67. The van der Waals surface area contributed by atoms with Gasteiger partial charge in [-0.3, -0.25) is 0 Å². The van der Waals surface area contributed by atoms with Crippen LogP contribution in [-0.2, 0) is 0 Å². The quantitative estimate of drug-likeness (QED) is 0.319. The first-order chi connectivity index (χ1) is 3.62. The maximum Gasteiger partial charge on any atom is 0.198 e. The SMILES string of the molecule is [CH2-][N+](C)(C[18F])CCO. The predicted octanol–water partition coefficient (Wildman–Crippen LogP) is 0.144. The largest absolute Gasteiger partial charge is 0.431 e. The number of halogens is 1. The monoisotopic (exact) mass is 120 g/mol. The number of rotatable bonds is 3. The fraction of sp³-hybridized carbons (Fsp3) is 0.800. The zero-order valence-corrected chi connectivity index (χ0v) is 5.10. The molecule has 8 heavy (non-hydrogen) atoms. The number of hydrogen-bond acceptors (Lipinski definition) is 1. The molecular weight excluding hydrogens is 108 g/mol. The highest BCUT2D eigenvalue weighted by Gasteiger charge is 2.03. The molecule has 0 fully saturated rings. The number of aliphatic hydroxyl groups is 1. The minimum absolute atomic E-state index is 0.00347. The summed E-state index contributed by atoms with van der Waals surface area (Å²) in [4.78, 5) is 0. The molecule has 0 aromatic carbocycles. The van der Waals surface area contributed by atoms with Gasteiger partial charge in [-0.2, -0.15) is 4.39 Å². The van der Waals surface area contributed by atoms with Crippen molar-refractivity contribution in [3.63, 3.8) is 0 Å². The number of aliphatic hydroxyl groups excluding tert-OH is 1. The van der Waals surface area contributed by atoms with Crippen molar-refractivity contribution in [3.05, 3.63) is 7.05 Å². The Morgan fingerprint density at radius 3 is 2.38 bits per heavy atom. The van der Waals surface area contributed by atoms with Gasteiger partial charge >= 0.3 is 0 Å². The van der Waals surface area contributed by atoms with Crippen molar-refractivity contribution in [1.82, 2.24) is 0 Å². The lowest BCUT2D eigenvalue weighted by molar-refractivity contribution is -0.879. The molecule has 0 saturated heterocycles. The summed E-state index contributed by atoms with van der Waals surface area (Å²) in [6, 6.07) is 0. The Hall–Kier alpha value is -0.150. The summed E-state index contributed by atoms with van der Waals surface area (Å²) in [6.45, 7) is -0.166. The molecule has 0 aromatic heterocycles. The van der Waals surface area contributed by atoms with Crippen molar-refractivity contribution in [1.29, 1.82) is 0 Å². The highest BCUT2D eigenvalue weighted by molar-refractivity contribution is 4.26. The molecule has 0 radical (unpaired) electrons. The van der Waals surface area contributed by atoms with Gasteiger partial charge in [-0.05, 0) is 0 Å². The smallest absolute Gasteiger partial charge is 0.198 e. The number of hydrogen-bond donors (Lipinski definition) is 1. The number of alkyl halides is 1. The van der Waals surface area contributed by atoms with E-state index < -0.39 is 6.80 Å². The lowest BCUT2D eigenvalue weighted by Gasteiger charge is -2.33. The minimum atomic E-state index is -0.527. The van der Waals surface area contributed by atoms with Gasteiger partial charge in [0.2, 0.25) is 0 Å². The van der Waals surface area contributed by atoms with Crippen LogP contribution in [0.2, 0.25) is 0 Å². The van der Waals surface area contributed by atoms with Crippen molar-refractivity contribution in [2.45, 2.75) is 0 Å². The van der Waals surface area contributed by atoms with E-state index in [-0.39, 0.29) is 11.1 Å².